The van der Waals surface area contributed by atoms with Gasteiger partial charge in [0.05, 0.1) is 13.2 Å². The highest BCUT2D eigenvalue weighted by Gasteiger charge is 2.05. The second-order valence-electron chi connectivity index (χ2n) is 4.28. The highest BCUT2D eigenvalue weighted by Crippen LogP contribution is 2.21. The first-order valence-corrected chi connectivity index (χ1v) is 7.83. The summed E-state index contributed by atoms with van der Waals surface area (Å²) >= 11 is 15.3. The first kappa shape index (κ1) is 15.8. The van der Waals surface area contributed by atoms with Gasteiger partial charge >= 0.3 is 0 Å². The normalized spacial score (nSPS) is 10.8. The lowest BCUT2D eigenvalue weighted by Crippen LogP contribution is -1.98. The minimum Gasteiger partial charge on any atom is -0.372 e. The zero-order valence-corrected chi connectivity index (χ0v) is 13.6. The molecule has 0 atom stereocenters. The van der Waals surface area contributed by atoms with Gasteiger partial charge in [-0.25, -0.2) is 4.39 Å². The van der Waals surface area contributed by atoms with E-state index in [2.05, 4.69) is 15.9 Å². The van der Waals surface area contributed by atoms with E-state index >= 15 is 0 Å². The molecule has 20 heavy (non-hydrogen) atoms. The van der Waals surface area contributed by atoms with E-state index in [1.54, 1.807) is 0 Å². The third kappa shape index (κ3) is 4.19. The Hall–Kier alpha value is -0.610. The van der Waals surface area contributed by atoms with Gasteiger partial charge in [-0.15, -0.1) is 0 Å². The predicted molar refractivity (Wildman–Crippen MR) is 84.0 cm³/mol. The molecule has 0 amide bonds. The maximum atomic E-state index is 13.1. The van der Waals surface area contributed by atoms with Gasteiger partial charge in [0.25, 0.3) is 0 Å². The summed E-state index contributed by atoms with van der Waals surface area (Å²) in [7, 11) is 0. The van der Waals surface area contributed by atoms with Crippen LogP contribution in [-0.2, 0) is 23.3 Å². The van der Waals surface area contributed by atoms with Gasteiger partial charge in [-0.2, -0.15) is 0 Å². The summed E-state index contributed by atoms with van der Waals surface area (Å²) in [5.74, 6) is -0.319. The summed E-state index contributed by atoms with van der Waals surface area (Å²) in [5, 5.41) is 1.90. The third-order valence-corrected chi connectivity index (χ3v) is 4.04. The zero-order chi connectivity index (χ0) is 14.5. The first-order chi connectivity index (χ1) is 9.60. The smallest absolute Gasteiger partial charge is 0.123 e. The number of alkyl halides is 1. The summed E-state index contributed by atoms with van der Waals surface area (Å²) in [4.78, 5) is 0. The van der Waals surface area contributed by atoms with E-state index in [1.165, 1.54) is 18.2 Å². The molecule has 2 aromatic carbocycles. The van der Waals surface area contributed by atoms with E-state index in [9.17, 15) is 4.39 Å². The molecule has 0 saturated heterocycles. The Morgan fingerprint density at radius 2 is 1.70 bits per heavy atom. The highest BCUT2D eigenvalue weighted by atomic mass is 79.9. The fraction of sp³-hybridized carbons (Fsp3) is 0.200. The van der Waals surface area contributed by atoms with Gasteiger partial charge in [0.1, 0.15) is 5.82 Å². The van der Waals surface area contributed by atoms with Crippen molar-refractivity contribution in [2.75, 3.05) is 0 Å². The van der Waals surface area contributed by atoms with E-state index in [4.69, 9.17) is 27.9 Å². The monoisotopic (exact) mass is 376 g/mol. The number of halogens is 4. The topological polar surface area (TPSA) is 9.23 Å². The average Bonchev–Trinajstić information content (AvgIpc) is 2.44. The van der Waals surface area contributed by atoms with Gasteiger partial charge in [0.2, 0.25) is 0 Å². The Bertz CT molecular complexity index is 604. The number of ether oxygens (including phenoxy) is 1. The molecule has 2 rings (SSSR count). The number of hydrogen-bond donors (Lipinski definition) is 0. The van der Waals surface area contributed by atoms with Crippen LogP contribution in [0.5, 0.6) is 0 Å². The second-order valence-corrected chi connectivity index (χ2v) is 5.68. The maximum Gasteiger partial charge on any atom is 0.123 e. The molecule has 0 unspecified atom stereocenters. The molecule has 0 fully saturated rings. The summed E-state index contributed by atoms with van der Waals surface area (Å²) in [6.07, 6.45) is 0. The van der Waals surface area contributed by atoms with Crippen LogP contribution in [0.1, 0.15) is 16.7 Å². The van der Waals surface area contributed by atoms with Crippen molar-refractivity contribution in [1.82, 2.24) is 0 Å². The molecular formula is C15H12BrCl2FO. The predicted octanol–water partition coefficient (Wildman–Crippen LogP) is 5.74. The third-order valence-electron chi connectivity index (χ3n) is 2.84. The minimum absolute atomic E-state index is 0.265. The zero-order valence-electron chi connectivity index (χ0n) is 10.5. The molecule has 0 spiro atoms. The van der Waals surface area contributed by atoms with Gasteiger partial charge in [-0.1, -0.05) is 45.2 Å². The van der Waals surface area contributed by atoms with Crippen molar-refractivity contribution in [1.29, 1.82) is 0 Å². The molecule has 0 aliphatic carbocycles. The minimum atomic E-state index is -0.319. The van der Waals surface area contributed by atoms with E-state index in [0.717, 1.165) is 11.1 Å². The van der Waals surface area contributed by atoms with Crippen LogP contribution in [0.2, 0.25) is 10.0 Å². The standard InChI is InChI=1S/C15H12BrCl2FO/c16-7-11-5-13(17)2-1-10(11)8-20-9-12-6-14(19)3-4-15(12)18/h1-6H,7-9H2. The Morgan fingerprint density at radius 3 is 2.45 bits per heavy atom. The van der Waals surface area contributed by atoms with Gasteiger partial charge in [-0.05, 0) is 47.0 Å². The molecule has 5 heteroatoms. The van der Waals surface area contributed by atoms with Gasteiger partial charge < -0.3 is 4.74 Å². The Labute approximate surface area is 135 Å². The van der Waals surface area contributed by atoms with Crippen molar-refractivity contribution in [3.05, 3.63) is 69.0 Å². The molecule has 2 aromatic rings. The summed E-state index contributed by atoms with van der Waals surface area (Å²) in [6, 6.07) is 9.88. The van der Waals surface area contributed by atoms with Gasteiger partial charge in [0, 0.05) is 15.4 Å². The molecular weight excluding hydrogens is 366 g/mol. The molecule has 0 heterocycles. The molecule has 0 radical (unpaired) electrons. The summed E-state index contributed by atoms with van der Waals surface area (Å²) in [6.45, 7) is 0.686. The molecule has 0 aromatic heterocycles. The lowest BCUT2D eigenvalue weighted by molar-refractivity contribution is 0.106. The molecule has 1 nitrogen and oxygen atoms in total. The molecule has 0 bridgehead atoms. The quantitative estimate of drug-likeness (QED) is 0.603. The first-order valence-electron chi connectivity index (χ1n) is 5.95. The fourth-order valence-electron chi connectivity index (χ4n) is 1.78. The molecule has 0 N–H and O–H groups in total. The Morgan fingerprint density at radius 1 is 0.950 bits per heavy atom. The SMILES string of the molecule is Fc1ccc(Cl)c(COCc2ccc(Cl)cc2CBr)c1. The lowest BCUT2D eigenvalue weighted by atomic mass is 10.1. The van der Waals surface area contributed by atoms with Crippen molar-refractivity contribution in [2.24, 2.45) is 0 Å². The van der Waals surface area contributed by atoms with Crippen LogP contribution >= 0.6 is 39.1 Å². The van der Waals surface area contributed by atoms with Crippen LogP contribution in [0.3, 0.4) is 0 Å². The van der Waals surface area contributed by atoms with E-state index in [-0.39, 0.29) is 12.4 Å². The number of hydrogen-bond acceptors (Lipinski definition) is 1. The van der Waals surface area contributed by atoms with Crippen LogP contribution in [-0.4, -0.2) is 0 Å². The fourth-order valence-corrected chi connectivity index (χ4v) is 2.67. The molecule has 106 valence electrons. The number of benzene rings is 2. The highest BCUT2D eigenvalue weighted by molar-refractivity contribution is 9.08. The van der Waals surface area contributed by atoms with Crippen molar-refractivity contribution in [3.63, 3.8) is 0 Å². The van der Waals surface area contributed by atoms with E-state index in [0.29, 0.717) is 27.5 Å². The summed E-state index contributed by atoms with van der Waals surface area (Å²) in [5.41, 5.74) is 2.75. The van der Waals surface area contributed by atoms with Crippen molar-refractivity contribution < 1.29 is 9.13 Å². The van der Waals surface area contributed by atoms with Gasteiger partial charge in [-0.3, -0.25) is 0 Å². The Kier molecular flexibility index (Phi) is 5.85. The molecule has 0 aliphatic rings. The van der Waals surface area contributed by atoms with Crippen LogP contribution in [0.4, 0.5) is 4.39 Å². The summed E-state index contributed by atoms with van der Waals surface area (Å²) < 4.78 is 18.7. The Balaban J connectivity index is 2.01. The second kappa shape index (κ2) is 7.41. The maximum absolute atomic E-state index is 13.1. The molecule has 0 saturated carbocycles. The largest absolute Gasteiger partial charge is 0.372 e. The lowest BCUT2D eigenvalue weighted by Gasteiger charge is -2.10. The van der Waals surface area contributed by atoms with Gasteiger partial charge in [0.15, 0.2) is 0 Å². The van der Waals surface area contributed by atoms with Crippen molar-refractivity contribution >= 4 is 39.1 Å². The molecule has 0 aliphatic heterocycles. The van der Waals surface area contributed by atoms with Crippen LogP contribution in [0.15, 0.2) is 36.4 Å². The van der Waals surface area contributed by atoms with Crippen LogP contribution < -0.4 is 0 Å². The van der Waals surface area contributed by atoms with Crippen molar-refractivity contribution in [2.45, 2.75) is 18.5 Å². The van der Waals surface area contributed by atoms with Crippen LogP contribution in [0, 0.1) is 5.82 Å². The number of rotatable bonds is 5. The average molecular weight is 378 g/mol. The van der Waals surface area contributed by atoms with E-state index in [1.807, 2.05) is 18.2 Å². The van der Waals surface area contributed by atoms with E-state index < -0.39 is 0 Å². The van der Waals surface area contributed by atoms with Crippen molar-refractivity contribution in [3.8, 4) is 0 Å². The van der Waals surface area contributed by atoms with Crippen LogP contribution in [0.25, 0.3) is 0 Å².